The molecule has 0 aromatic carbocycles. The first-order valence-electron chi connectivity index (χ1n) is 4.39. The van der Waals surface area contributed by atoms with E-state index in [1.807, 2.05) is 0 Å². The Morgan fingerprint density at radius 1 is 1.57 bits per heavy atom. The number of hydrogen-bond acceptors (Lipinski definition) is 3. The number of aromatic nitrogens is 1. The third-order valence-corrected chi connectivity index (χ3v) is 2.29. The van der Waals surface area contributed by atoms with E-state index in [1.165, 1.54) is 12.3 Å². The lowest BCUT2D eigenvalue weighted by molar-refractivity contribution is 0.0647. The predicted octanol–water partition coefficient (Wildman–Crippen LogP) is 0.649. The quantitative estimate of drug-likeness (QED) is 0.715. The molecule has 1 aliphatic rings. The topological polar surface area (TPSA) is 59.2 Å². The van der Waals surface area contributed by atoms with Crippen LogP contribution < -0.4 is 5.73 Å². The molecule has 1 amide bonds. The van der Waals surface area contributed by atoms with Gasteiger partial charge < -0.3 is 10.6 Å². The van der Waals surface area contributed by atoms with Crippen LogP contribution in [0.4, 0.5) is 10.2 Å². The third-order valence-electron chi connectivity index (χ3n) is 2.29. The standard InChI is InChI=1S/C9H10FN3O/c10-7-6(2-3-12-8(7)11)9(14)13-4-1-5-13/h2-3H,1,4-5H2,(H2,11,12). The van der Waals surface area contributed by atoms with Crippen molar-refractivity contribution in [1.82, 2.24) is 9.88 Å². The number of likely N-dealkylation sites (tertiary alicyclic amines) is 1. The summed E-state index contributed by atoms with van der Waals surface area (Å²) < 4.78 is 13.3. The van der Waals surface area contributed by atoms with Gasteiger partial charge in [0.2, 0.25) is 0 Å². The molecule has 2 heterocycles. The van der Waals surface area contributed by atoms with Crippen molar-refractivity contribution in [2.45, 2.75) is 6.42 Å². The molecule has 1 fully saturated rings. The molecule has 5 heteroatoms. The van der Waals surface area contributed by atoms with Crippen molar-refractivity contribution in [2.24, 2.45) is 0 Å². The third kappa shape index (κ3) is 1.30. The van der Waals surface area contributed by atoms with Crippen molar-refractivity contribution < 1.29 is 9.18 Å². The SMILES string of the molecule is Nc1nccc(C(=O)N2CCC2)c1F. The first-order chi connectivity index (χ1) is 6.70. The van der Waals surface area contributed by atoms with Gasteiger partial charge in [0.25, 0.3) is 5.91 Å². The summed E-state index contributed by atoms with van der Waals surface area (Å²) in [4.78, 5) is 16.7. The second kappa shape index (κ2) is 3.25. The van der Waals surface area contributed by atoms with Crippen LogP contribution in [-0.2, 0) is 0 Å². The molecular formula is C9H10FN3O. The normalized spacial score (nSPS) is 15.1. The molecule has 1 aromatic heterocycles. The fourth-order valence-electron chi connectivity index (χ4n) is 1.31. The molecule has 1 aromatic rings. The Kier molecular flexibility index (Phi) is 2.07. The van der Waals surface area contributed by atoms with Crippen LogP contribution in [0, 0.1) is 5.82 Å². The highest BCUT2D eigenvalue weighted by Gasteiger charge is 2.24. The van der Waals surface area contributed by atoms with E-state index in [0.29, 0.717) is 13.1 Å². The van der Waals surface area contributed by atoms with Crippen LogP contribution in [0.25, 0.3) is 0 Å². The van der Waals surface area contributed by atoms with Gasteiger partial charge in [0.15, 0.2) is 11.6 Å². The Morgan fingerprint density at radius 2 is 2.29 bits per heavy atom. The summed E-state index contributed by atoms with van der Waals surface area (Å²) in [6, 6.07) is 1.35. The number of halogens is 1. The summed E-state index contributed by atoms with van der Waals surface area (Å²) in [6.45, 7) is 1.39. The van der Waals surface area contributed by atoms with Gasteiger partial charge in [-0.05, 0) is 12.5 Å². The fourth-order valence-corrected chi connectivity index (χ4v) is 1.31. The number of nitrogens with two attached hydrogens (primary N) is 1. The zero-order chi connectivity index (χ0) is 10.1. The lowest BCUT2D eigenvalue weighted by Gasteiger charge is -2.30. The molecule has 0 aliphatic carbocycles. The lowest BCUT2D eigenvalue weighted by Crippen LogP contribution is -2.42. The molecule has 1 saturated heterocycles. The number of carbonyl (C=O) groups excluding carboxylic acids is 1. The highest BCUT2D eigenvalue weighted by atomic mass is 19.1. The second-order valence-corrected chi connectivity index (χ2v) is 3.20. The van der Waals surface area contributed by atoms with E-state index in [0.717, 1.165) is 6.42 Å². The molecule has 0 saturated carbocycles. The Morgan fingerprint density at radius 3 is 2.86 bits per heavy atom. The monoisotopic (exact) mass is 195 g/mol. The van der Waals surface area contributed by atoms with E-state index in [-0.39, 0.29) is 17.3 Å². The largest absolute Gasteiger partial charge is 0.381 e. The summed E-state index contributed by atoms with van der Waals surface area (Å²) in [5, 5.41) is 0. The number of rotatable bonds is 1. The molecule has 2 N–H and O–H groups in total. The van der Waals surface area contributed by atoms with Crippen molar-refractivity contribution in [3.05, 3.63) is 23.6 Å². The molecule has 0 radical (unpaired) electrons. The van der Waals surface area contributed by atoms with Crippen LogP contribution in [0.3, 0.4) is 0 Å². The molecule has 74 valence electrons. The molecular weight excluding hydrogens is 185 g/mol. The van der Waals surface area contributed by atoms with Crippen LogP contribution in [0.5, 0.6) is 0 Å². The zero-order valence-corrected chi connectivity index (χ0v) is 7.53. The minimum atomic E-state index is -0.718. The summed E-state index contributed by atoms with van der Waals surface area (Å²) in [5.41, 5.74) is 5.27. The number of carbonyl (C=O) groups is 1. The highest BCUT2D eigenvalue weighted by Crippen LogP contribution is 2.17. The first kappa shape index (κ1) is 8.93. The number of nitrogen functional groups attached to an aromatic ring is 1. The Balaban J connectivity index is 2.31. The van der Waals surface area contributed by atoms with Gasteiger partial charge >= 0.3 is 0 Å². The summed E-state index contributed by atoms with van der Waals surface area (Å²) in [5.74, 6) is -1.25. The molecule has 1 aliphatic heterocycles. The molecule has 4 nitrogen and oxygen atoms in total. The first-order valence-corrected chi connectivity index (χ1v) is 4.39. The maximum atomic E-state index is 13.3. The van der Waals surface area contributed by atoms with Gasteiger partial charge in [-0.25, -0.2) is 9.37 Å². The van der Waals surface area contributed by atoms with Crippen molar-refractivity contribution in [2.75, 3.05) is 18.8 Å². The summed E-state index contributed by atoms with van der Waals surface area (Å²) >= 11 is 0. The van der Waals surface area contributed by atoms with Crippen molar-refractivity contribution in [1.29, 1.82) is 0 Å². The number of nitrogens with zero attached hydrogens (tertiary/aromatic N) is 2. The zero-order valence-electron chi connectivity index (χ0n) is 7.53. The van der Waals surface area contributed by atoms with Gasteiger partial charge in [-0.2, -0.15) is 0 Å². The Hall–Kier alpha value is -1.65. The molecule has 14 heavy (non-hydrogen) atoms. The van der Waals surface area contributed by atoms with Crippen LogP contribution in [0.1, 0.15) is 16.8 Å². The molecule has 0 bridgehead atoms. The maximum absolute atomic E-state index is 13.3. The number of hydrogen-bond donors (Lipinski definition) is 1. The minimum Gasteiger partial charge on any atom is -0.381 e. The Bertz CT molecular complexity index is 376. The number of anilines is 1. The summed E-state index contributed by atoms with van der Waals surface area (Å²) in [7, 11) is 0. The number of amides is 1. The van der Waals surface area contributed by atoms with Gasteiger partial charge in [-0.15, -0.1) is 0 Å². The van der Waals surface area contributed by atoms with Crippen molar-refractivity contribution in [3.8, 4) is 0 Å². The smallest absolute Gasteiger partial charge is 0.257 e. The van der Waals surface area contributed by atoms with Crippen LogP contribution in [0.15, 0.2) is 12.3 Å². The van der Waals surface area contributed by atoms with Gasteiger partial charge in [0, 0.05) is 19.3 Å². The van der Waals surface area contributed by atoms with E-state index >= 15 is 0 Å². The Labute approximate surface area is 80.5 Å². The van der Waals surface area contributed by atoms with E-state index in [1.54, 1.807) is 4.90 Å². The van der Waals surface area contributed by atoms with E-state index in [2.05, 4.69) is 4.98 Å². The number of pyridine rings is 1. The second-order valence-electron chi connectivity index (χ2n) is 3.20. The van der Waals surface area contributed by atoms with E-state index in [9.17, 15) is 9.18 Å². The van der Waals surface area contributed by atoms with Crippen LogP contribution in [0.2, 0.25) is 0 Å². The predicted molar refractivity (Wildman–Crippen MR) is 49.1 cm³/mol. The van der Waals surface area contributed by atoms with Gasteiger partial charge in [-0.1, -0.05) is 0 Å². The average Bonchev–Trinajstić information content (AvgIpc) is 2.06. The van der Waals surface area contributed by atoms with Gasteiger partial charge in [0.1, 0.15) is 0 Å². The minimum absolute atomic E-state index is 0.0113. The highest BCUT2D eigenvalue weighted by molar-refractivity contribution is 5.95. The lowest BCUT2D eigenvalue weighted by atomic mass is 10.1. The van der Waals surface area contributed by atoms with Crippen LogP contribution >= 0.6 is 0 Å². The van der Waals surface area contributed by atoms with Crippen LogP contribution in [-0.4, -0.2) is 28.9 Å². The maximum Gasteiger partial charge on any atom is 0.257 e. The summed E-state index contributed by atoms with van der Waals surface area (Å²) in [6.07, 6.45) is 2.32. The molecule has 0 atom stereocenters. The van der Waals surface area contributed by atoms with E-state index in [4.69, 9.17) is 5.73 Å². The van der Waals surface area contributed by atoms with E-state index < -0.39 is 5.82 Å². The fraction of sp³-hybridized carbons (Fsp3) is 0.333. The van der Waals surface area contributed by atoms with Gasteiger partial charge in [0.05, 0.1) is 5.56 Å². The average molecular weight is 195 g/mol. The van der Waals surface area contributed by atoms with Crippen molar-refractivity contribution >= 4 is 11.7 Å². The van der Waals surface area contributed by atoms with Crippen molar-refractivity contribution in [3.63, 3.8) is 0 Å². The van der Waals surface area contributed by atoms with Gasteiger partial charge in [-0.3, -0.25) is 4.79 Å². The molecule has 0 unspecified atom stereocenters. The molecule has 0 spiro atoms. The molecule has 2 rings (SSSR count).